The summed E-state index contributed by atoms with van der Waals surface area (Å²) in [6.45, 7) is 6.67. The zero-order chi connectivity index (χ0) is 15.2. The zero-order valence-electron chi connectivity index (χ0n) is 12.9. The Morgan fingerprint density at radius 3 is 2.64 bits per heavy atom. The van der Waals surface area contributed by atoms with E-state index in [1.807, 2.05) is 23.1 Å². The number of carbonyl (C=O) groups excluding carboxylic acids is 1. The summed E-state index contributed by atoms with van der Waals surface area (Å²) >= 11 is 1.63. The SMILES string of the molecule is O=C(CSc1ccccc1)N1CCN(C[C@H]2CCOC2)CC1. The highest BCUT2D eigenvalue weighted by Crippen LogP contribution is 2.19. The highest BCUT2D eigenvalue weighted by Gasteiger charge is 2.24. The molecule has 1 amide bonds. The molecule has 0 saturated carbocycles. The number of rotatable bonds is 5. The average molecular weight is 320 g/mol. The summed E-state index contributed by atoms with van der Waals surface area (Å²) in [4.78, 5) is 17.9. The summed E-state index contributed by atoms with van der Waals surface area (Å²) in [6, 6.07) is 10.1. The van der Waals surface area contributed by atoms with Gasteiger partial charge < -0.3 is 9.64 Å². The van der Waals surface area contributed by atoms with Gasteiger partial charge in [-0.1, -0.05) is 18.2 Å². The molecule has 2 fully saturated rings. The number of hydrogen-bond acceptors (Lipinski definition) is 4. The Hall–Kier alpha value is -1.04. The number of benzene rings is 1. The van der Waals surface area contributed by atoms with Gasteiger partial charge in [0.05, 0.1) is 12.4 Å². The van der Waals surface area contributed by atoms with Crippen LogP contribution >= 0.6 is 11.8 Å². The lowest BCUT2D eigenvalue weighted by Gasteiger charge is -2.35. The Bertz CT molecular complexity index is 469. The number of piperazine rings is 1. The first-order chi connectivity index (χ1) is 10.8. The topological polar surface area (TPSA) is 32.8 Å². The number of ether oxygens (including phenoxy) is 1. The van der Waals surface area contributed by atoms with Crippen LogP contribution in [0.15, 0.2) is 35.2 Å². The first-order valence-corrected chi connectivity index (χ1v) is 9.05. The Morgan fingerprint density at radius 1 is 1.18 bits per heavy atom. The van der Waals surface area contributed by atoms with E-state index in [0.717, 1.165) is 50.8 Å². The maximum Gasteiger partial charge on any atom is 0.233 e. The Labute approximate surface area is 136 Å². The molecule has 4 nitrogen and oxygen atoms in total. The van der Waals surface area contributed by atoms with Crippen LogP contribution in [0.25, 0.3) is 0 Å². The van der Waals surface area contributed by atoms with Crippen LogP contribution in [-0.4, -0.2) is 67.4 Å². The molecule has 2 aliphatic heterocycles. The van der Waals surface area contributed by atoms with Crippen molar-refractivity contribution in [2.24, 2.45) is 5.92 Å². The fourth-order valence-electron chi connectivity index (χ4n) is 3.03. The molecule has 0 bridgehead atoms. The lowest BCUT2D eigenvalue weighted by molar-refractivity contribution is -0.130. The average Bonchev–Trinajstić information content (AvgIpc) is 3.07. The molecule has 1 aromatic carbocycles. The second-order valence-electron chi connectivity index (χ2n) is 6.01. The molecule has 0 aliphatic carbocycles. The molecule has 0 spiro atoms. The molecule has 2 saturated heterocycles. The molecular formula is C17H24N2O2S. The quantitative estimate of drug-likeness (QED) is 0.777. The maximum atomic E-state index is 12.3. The third-order valence-corrected chi connectivity index (χ3v) is 5.37. The molecular weight excluding hydrogens is 296 g/mol. The van der Waals surface area contributed by atoms with Crippen LogP contribution in [0.1, 0.15) is 6.42 Å². The summed E-state index contributed by atoms with van der Waals surface area (Å²) < 4.78 is 5.44. The first-order valence-electron chi connectivity index (χ1n) is 8.07. The van der Waals surface area contributed by atoms with E-state index in [1.54, 1.807) is 11.8 Å². The van der Waals surface area contributed by atoms with Crippen LogP contribution in [0.3, 0.4) is 0 Å². The lowest BCUT2D eigenvalue weighted by Crippen LogP contribution is -2.50. The second-order valence-corrected chi connectivity index (χ2v) is 7.06. The molecule has 22 heavy (non-hydrogen) atoms. The predicted octanol–water partition coefficient (Wildman–Crippen LogP) is 1.96. The van der Waals surface area contributed by atoms with Gasteiger partial charge in [0.15, 0.2) is 0 Å². The Morgan fingerprint density at radius 2 is 1.95 bits per heavy atom. The number of hydrogen-bond donors (Lipinski definition) is 0. The van der Waals surface area contributed by atoms with Crippen molar-refractivity contribution in [1.29, 1.82) is 0 Å². The van der Waals surface area contributed by atoms with Crippen LogP contribution in [0.5, 0.6) is 0 Å². The van der Waals surface area contributed by atoms with Crippen LogP contribution in [0, 0.1) is 5.92 Å². The standard InChI is InChI=1S/C17H24N2O2S/c20-17(14-22-16-4-2-1-3-5-16)19-9-7-18(8-10-19)12-15-6-11-21-13-15/h1-5,15H,6-14H2/t15-/m1/s1. The summed E-state index contributed by atoms with van der Waals surface area (Å²) in [5, 5.41) is 0. The smallest absolute Gasteiger partial charge is 0.233 e. The van der Waals surface area contributed by atoms with E-state index >= 15 is 0 Å². The highest BCUT2D eigenvalue weighted by atomic mass is 32.2. The van der Waals surface area contributed by atoms with Gasteiger partial charge in [0.25, 0.3) is 0 Å². The molecule has 120 valence electrons. The maximum absolute atomic E-state index is 12.3. The van der Waals surface area contributed by atoms with Crippen molar-refractivity contribution in [2.75, 3.05) is 51.7 Å². The van der Waals surface area contributed by atoms with Gasteiger partial charge in [0.2, 0.25) is 5.91 Å². The number of carbonyl (C=O) groups is 1. The molecule has 0 radical (unpaired) electrons. The molecule has 2 heterocycles. The Balaban J connectivity index is 1.38. The van der Waals surface area contributed by atoms with Crippen molar-refractivity contribution in [1.82, 2.24) is 9.80 Å². The molecule has 3 rings (SSSR count). The molecule has 0 aromatic heterocycles. The van der Waals surface area contributed by atoms with Crippen molar-refractivity contribution in [3.05, 3.63) is 30.3 Å². The van der Waals surface area contributed by atoms with E-state index in [-0.39, 0.29) is 5.91 Å². The van der Waals surface area contributed by atoms with Gasteiger partial charge in [-0.15, -0.1) is 11.8 Å². The van der Waals surface area contributed by atoms with E-state index in [2.05, 4.69) is 17.0 Å². The minimum absolute atomic E-state index is 0.262. The normalized spacial score (nSPS) is 22.9. The van der Waals surface area contributed by atoms with E-state index in [9.17, 15) is 4.79 Å². The van der Waals surface area contributed by atoms with E-state index < -0.39 is 0 Å². The second kappa shape index (κ2) is 7.99. The number of amides is 1. The summed E-state index contributed by atoms with van der Waals surface area (Å²) in [7, 11) is 0. The first kappa shape index (κ1) is 15.8. The van der Waals surface area contributed by atoms with E-state index in [0.29, 0.717) is 11.7 Å². The van der Waals surface area contributed by atoms with Gasteiger partial charge in [-0.2, -0.15) is 0 Å². The third kappa shape index (κ3) is 4.48. The van der Waals surface area contributed by atoms with Gasteiger partial charge in [-0.05, 0) is 24.5 Å². The number of nitrogens with zero attached hydrogens (tertiary/aromatic N) is 2. The summed E-state index contributed by atoms with van der Waals surface area (Å²) in [5.74, 6) is 1.49. The van der Waals surface area contributed by atoms with Gasteiger partial charge in [0, 0.05) is 44.2 Å². The van der Waals surface area contributed by atoms with Crippen LogP contribution < -0.4 is 0 Å². The largest absolute Gasteiger partial charge is 0.381 e. The zero-order valence-corrected chi connectivity index (χ0v) is 13.8. The predicted molar refractivity (Wildman–Crippen MR) is 89.1 cm³/mol. The van der Waals surface area contributed by atoms with Crippen molar-refractivity contribution in [3.63, 3.8) is 0 Å². The van der Waals surface area contributed by atoms with Crippen LogP contribution in [0.4, 0.5) is 0 Å². The van der Waals surface area contributed by atoms with Crippen molar-refractivity contribution in [2.45, 2.75) is 11.3 Å². The van der Waals surface area contributed by atoms with Crippen LogP contribution in [0.2, 0.25) is 0 Å². The molecule has 2 aliphatic rings. The van der Waals surface area contributed by atoms with E-state index in [1.165, 1.54) is 6.42 Å². The van der Waals surface area contributed by atoms with E-state index in [4.69, 9.17) is 4.74 Å². The minimum Gasteiger partial charge on any atom is -0.381 e. The fraction of sp³-hybridized carbons (Fsp3) is 0.588. The van der Waals surface area contributed by atoms with Crippen molar-refractivity contribution >= 4 is 17.7 Å². The third-order valence-electron chi connectivity index (χ3n) is 4.37. The summed E-state index contributed by atoms with van der Waals surface area (Å²) in [5.41, 5.74) is 0. The molecule has 0 N–H and O–H groups in total. The molecule has 1 aromatic rings. The van der Waals surface area contributed by atoms with Crippen molar-refractivity contribution < 1.29 is 9.53 Å². The molecule has 1 atom stereocenters. The Kier molecular flexibility index (Phi) is 5.76. The molecule has 5 heteroatoms. The van der Waals surface area contributed by atoms with Gasteiger partial charge in [0.1, 0.15) is 0 Å². The minimum atomic E-state index is 0.262. The highest BCUT2D eigenvalue weighted by molar-refractivity contribution is 8.00. The van der Waals surface area contributed by atoms with Gasteiger partial charge in [-0.25, -0.2) is 0 Å². The van der Waals surface area contributed by atoms with Crippen molar-refractivity contribution in [3.8, 4) is 0 Å². The van der Waals surface area contributed by atoms with Gasteiger partial charge >= 0.3 is 0 Å². The van der Waals surface area contributed by atoms with Crippen LogP contribution in [-0.2, 0) is 9.53 Å². The van der Waals surface area contributed by atoms with Gasteiger partial charge in [-0.3, -0.25) is 9.69 Å². The summed E-state index contributed by atoms with van der Waals surface area (Å²) in [6.07, 6.45) is 1.19. The lowest BCUT2D eigenvalue weighted by atomic mass is 10.1. The fourth-order valence-corrected chi connectivity index (χ4v) is 3.85. The number of thioether (sulfide) groups is 1. The monoisotopic (exact) mass is 320 g/mol. The molecule has 0 unspecified atom stereocenters.